The number of hydrogen-bond donors (Lipinski definition) is 0. The minimum Gasteiger partial charge on any atom is -0.300 e. The summed E-state index contributed by atoms with van der Waals surface area (Å²) in [6.07, 6.45) is 3.92. The van der Waals surface area contributed by atoms with Gasteiger partial charge in [-0.2, -0.15) is 0 Å². The van der Waals surface area contributed by atoms with Gasteiger partial charge in [-0.05, 0) is 44.7 Å². The Morgan fingerprint density at radius 3 is 2.36 bits per heavy atom. The molecule has 1 unspecified atom stereocenters. The van der Waals surface area contributed by atoms with Gasteiger partial charge in [0.1, 0.15) is 5.78 Å². The fourth-order valence-electron chi connectivity index (χ4n) is 3.33. The minimum absolute atomic E-state index is 0.261. The number of aryl methyl sites for hydroxylation is 2. The van der Waals surface area contributed by atoms with Crippen LogP contribution < -0.4 is 0 Å². The molecule has 3 heteroatoms. The van der Waals surface area contributed by atoms with Gasteiger partial charge in [-0.15, -0.1) is 0 Å². The van der Waals surface area contributed by atoms with E-state index >= 15 is 0 Å². The zero-order valence-electron chi connectivity index (χ0n) is 14.0. The highest BCUT2D eigenvalue weighted by Gasteiger charge is 2.20. The molecule has 0 bridgehead atoms. The van der Waals surface area contributed by atoms with E-state index in [1.807, 2.05) is 32.0 Å². The molecule has 22 heavy (non-hydrogen) atoms. The van der Waals surface area contributed by atoms with Gasteiger partial charge in [0.15, 0.2) is 5.78 Å². The fraction of sp³-hybridized carbons (Fsp3) is 0.579. The Morgan fingerprint density at radius 2 is 1.77 bits per heavy atom. The van der Waals surface area contributed by atoms with E-state index in [0.29, 0.717) is 31.1 Å². The summed E-state index contributed by atoms with van der Waals surface area (Å²) in [4.78, 5) is 26.1. The molecule has 1 heterocycles. The Morgan fingerprint density at radius 1 is 1.18 bits per heavy atom. The lowest BCUT2D eigenvalue weighted by Gasteiger charge is -2.31. The van der Waals surface area contributed by atoms with E-state index in [4.69, 9.17) is 0 Å². The van der Waals surface area contributed by atoms with Crippen molar-refractivity contribution in [3.05, 3.63) is 34.9 Å². The van der Waals surface area contributed by atoms with Crippen LogP contribution in [-0.2, 0) is 4.79 Å². The summed E-state index contributed by atoms with van der Waals surface area (Å²) >= 11 is 0. The van der Waals surface area contributed by atoms with Crippen molar-refractivity contribution in [2.24, 2.45) is 0 Å². The highest BCUT2D eigenvalue weighted by molar-refractivity contribution is 5.98. The van der Waals surface area contributed by atoms with E-state index in [9.17, 15) is 9.59 Å². The second kappa shape index (κ2) is 7.68. The molecule has 0 aliphatic carbocycles. The SMILES string of the molecule is Cc1cccc(C)c1C(=O)CCCC(C)N1CCC(=O)CC1. The number of likely N-dealkylation sites (tertiary alicyclic amines) is 1. The number of benzene rings is 1. The predicted octanol–water partition coefficient (Wildman–Crippen LogP) is 3.71. The quantitative estimate of drug-likeness (QED) is 0.752. The zero-order valence-corrected chi connectivity index (χ0v) is 14.0. The fourth-order valence-corrected chi connectivity index (χ4v) is 3.33. The number of piperidine rings is 1. The van der Waals surface area contributed by atoms with Gasteiger partial charge in [-0.3, -0.25) is 14.5 Å². The summed E-state index contributed by atoms with van der Waals surface area (Å²) < 4.78 is 0. The van der Waals surface area contributed by atoms with Crippen molar-refractivity contribution < 1.29 is 9.59 Å². The summed E-state index contributed by atoms with van der Waals surface area (Å²) in [5.74, 6) is 0.644. The molecule has 1 aliphatic heterocycles. The molecular weight excluding hydrogens is 274 g/mol. The van der Waals surface area contributed by atoms with Crippen LogP contribution in [0.5, 0.6) is 0 Å². The monoisotopic (exact) mass is 301 g/mol. The molecule has 0 aromatic heterocycles. The third-order valence-corrected chi connectivity index (χ3v) is 4.76. The van der Waals surface area contributed by atoms with Crippen LogP contribution in [0.15, 0.2) is 18.2 Å². The first-order valence-electron chi connectivity index (χ1n) is 8.34. The first-order valence-corrected chi connectivity index (χ1v) is 8.34. The van der Waals surface area contributed by atoms with Gasteiger partial charge < -0.3 is 0 Å². The maximum absolute atomic E-state index is 12.4. The van der Waals surface area contributed by atoms with Crippen LogP contribution in [0, 0.1) is 13.8 Å². The highest BCUT2D eigenvalue weighted by Crippen LogP contribution is 2.19. The minimum atomic E-state index is 0.261. The van der Waals surface area contributed by atoms with Crippen molar-refractivity contribution in [1.29, 1.82) is 0 Å². The Labute approximate surface area is 133 Å². The number of nitrogens with zero attached hydrogens (tertiary/aromatic N) is 1. The lowest BCUT2D eigenvalue weighted by molar-refractivity contribution is -0.121. The van der Waals surface area contributed by atoms with E-state index in [2.05, 4.69) is 11.8 Å². The van der Waals surface area contributed by atoms with Crippen molar-refractivity contribution >= 4 is 11.6 Å². The van der Waals surface area contributed by atoms with Crippen LogP contribution in [0.25, 0.3) is 0 Å². The number of carbonyl (C=O) groups is 2. The standard InChI is InChI=1S/C19H27NO2/c1-14-6-4-7-15(2)19(14)18(22)9-5-8-16(3)20-12-10-17(21)11-13-20/h4,6-7,16H,5,8-13H2,1-3H3. The Bertz CT molecular complexity index is 520. The van der Waals surface area contributed by atoms with Crippen LogP contribution >= 0.6 is 0 Å². The van der Waals surface area contributed by atoms with Gasteiger partial charge in [0.05, 0.1) is 0 Å². The van der Waals surface area contributed by atoms with Crippen LogP contribution in [0.3, 0.4) is 0 Å². The number of carbonyl (C=O) groups excluding carboxylic acids is 2. The second-order valence-corrected chi connectivity index (χ2v) is 6.51. The van der Waals surface area contributed by atoms with Gasteiger partial charge >= 0.3 is 0 Å². The second-order valence-electron chi connectivity index (χ2n) is 6.51. The zero-order chi connectivity index (χ0) is 16.1. The molecule has 0 spiro atoms. The van der Waals surface area contributed by atoms with Crippen LogP contribution in [-0.4, -0.2) is 35.6 Å². The first-order chi connectivity index (χ1) is 10.5. The molecule has 1 atom stereocenters. The normalized spacial score (nSPS) is 17.5. The highest BCUT2D eigenvalue weighted by atomic mass is 16.1. The summed E-state index contributed by atoms with van der Waals surface area (Å²) in [6.45, 7) is 7.98. The Balaban J connectivity index is 1.81. The van der Waals surface area contributed by atoms with Crippen LogP contribution in [0.4, 0.5) is 0 Å². The molecule has 0 saturated carbocycles. The smallest absolute Gasteiger partial charge is 0.163 e. The van der Waals surface area contributed by atoms with Crippen LogP contribution in [0.2, 0.25) is 0 Å². The molecule has 2 rings (SSSR count). The molecule has 0 amide bonds. The number of rotatable bonds is 6. The molecule has 1 fully saturated rings. The van der Waals surface area contributed by atoms with Gasteiger partial charge in [0.25, 0.3) is 0 Å². The largest absolute Gasteiger partial charge is 0.300 e. The molecule has 3 nitrogen and oxygen atoms in total. The third-order valence-electron chi connectivity index (χ3n) is 4.76. The summed E-state index contributed by atoms with van der Waals surface area (Å²) in [5.41, 5.74) is 3.05. The maximum atomic E-state index is 12.4. The topological polar surface area (TPSA) is 37.4 Å². The molecule has 120 valence electrons. The van der Waals surface area contributed by atoms with E-state index in [-0.39, 0.29) is 5.78 Å². The lowest BCUT2D eigenvalue weighted by atomic mass is 9.95. The van der Waals surface area contributed by atoms with Gasteiger partial charge in [0.2, 0.25) is 0 Å². The van der Waals surface area contributed by atoms with Crippen molar-refractivity contribution in [1.82, 2.24) is 4.90 Å². The molecule has 1 aromatic carbocycles. The van der Waals surface area contributed by atoms with Gasteiger partial charge in [-0.1, -0.05) is 18.2 Å². The molecular formula is C19H27NO2. The molecule has 1 saturated heterocycles. The van der Waals surface area contributed by atoms with E-state index in [1.165, 1.54) is 0 Å². The first kappa shape index (κ1) is 16.9. The average Bonchev–Trinajstić information content (AvgIpc) is 2.47. The summed E-state index contributed by atoms with van der Waals surface area (Å²) in [6, 6.07) is 6.47. The molecule has 1 aromatic rings. The molecule has 1 aliphatic rings. The third kappa shape index (κ3) is 4.26. The predicted molar refractivity (Wildman–Crippen MR) is 89.4 cm³/mol. The maximum Gasteiger partial charge on any atom is 0.163 e. The van der Waals surface area contributed by atoms with Crippen molar-refractivity contribution in [2.75, 3.05) is 13.1 Å². The van der Waals surface area contributed by atoms with Gasteiger partial charge in [-0.25, -0.2) is 0 Å². The van der Waals surface area contributed by atoms with Crippen LogP contribution in [0.1, 0.15) is 60.5 Å². The number of ketones is 2. The molecule has 0 N–H and O–H groups in total. The van der Waals surface area contributed by atoms with Crippen molar-refractivity contribution in [2.45, 2.75) is 58.9 Å². The molecule has 0 radical (unpaired) electrons. The number of Topliss-reactive ketones (excluding diaryl/α,β-unsaturated/α-hetero) is 2. The van der Waals surface area contributed by atoms with Crippen molar-refractivity contribution in [3.8, 4) is 0 Å². The Hall–Kier alpha value is -1.48. The summed E-state index contributed by atoms with van der Waals surface area (Å²) in [7, 11) is 0. The van der Waals surface area contributed by atoms with E-state index in [1.54, 1.807) is 0 Å². The summed E-state index contributed by atoms with van der Waals surface area (Å²) in [5, 5.41) is 0. The number of hydrogen-bond acceptors (Lipinski definition) is 3. The van der Waals surface area contributed by atoms with E-state index in [0.717, 1.165) is 42.6 Å². The van der Waals surface area contributed by atoms with Gasteiger partial charge in [0, 0.05) is 44.0 Å². The average molecular weight is 301 g/mol. The Kier molecular flexibility index (Phi) is 5.90. The van der Waals surface area contributed by atoms with E-state index < -0.39 is 0 Å². The van der Waals surface area contributed by atoms with Crippen molar-refractivity contribution in [3.63, 3.8) is 0 Å². The lowest BCUT2D eigenvalue weighted by Crippen LogP contribution is -2.40.